The van der Waals surface area contributed by atoms with E-state index >= 15 is 0 Å². The second kappa shape index (κ2) is 8.83. The summed E-state index contributed by atoms with van der Waals surface area (Å²) in [6.07, 6.45) is 0. The van der Waals surface area contributed by atoms with Crippen LogP contribution >= 0.6 is 0 Å². The molecule has 1 fully saturated rings. The third-order valence-corrected chi connectivity index (χ3v) is 6.51. The fraction of sp³-hybridized carbons (Fsp3) is 0.368. The molecule has 0 unspecified atom stereocenters. The molecule has 7 nitrogen and oxygen atoms in total. The lowest BCUT2D eigenvalue weighted by atomic mass is 10.2. The second-order valence-electron chi connectivity index (χ2n) is 6.39. The number of nitrogens with zero attached hydrogens (tertiary/aromatic N) is 2. The molecule has 0 spiro atoms. The summed E-state index contributed by atoms with van der Waals surface area (Å²) in [5, 5.41) is 3.26. The van der Waals surface area contributed by atoms with Gasteiger partial charge in [0.1, 0.15) is 16.4 Å². The van der Waals surface area contributed by atoms with Crippen LogP contribution in [0, 0.1) is 0 Å². The number of rotatable bonds is 7. The van der Waals surface area contributed by atoms with E-state index in [0.717, 1.165) is 36.2 Å². The molecule has 3 rings (SSSR count). The third-order valence-electron chi connectivity index (χ3n) is 4.69. The van der Waals surface area contributed by atoms with Crippen molar-refractivity contribution in [1.29, 1.82) is 0 Å². The van der Waals surface area contributed by atoms with Gasteiger partial charge in [0.25, 0.3) is 10.0 Å². The smallest absolute Gasteiger partial charge is 0.387 e. The topological polar surface area (TPSA) is 71.1 Å². The van der Waals surface area contributed by atoms with Crippen LogP contribution in [0.25, 0.3) is 0 Å². The second-order valence-corrected chi connectivity index (χ2v) is 8.33. The molecule has 158 valence electrons. The lowest BCUT2D eigenvalue weighted by Gasteiger charge is -2.31. The average Bonchev–Trinajstić information content (AvgIpc) is 2.73. The van der Waals surface area contributed by atoms with Gasteiger partial charge in [-0.2, -0.15) is 8.78 Å². The number of sulfonamides is 1. The number of halogens is 2. The summed E-state index contributed by atoms with van der Waals surface area (Å²) in [5.41, 5.74) is 1.15. The van der Waals surface area contributed by atoms with E-state index in [2.05, 4.69) is 15.0 Å². The maximum atomic E-state index is 13.1. The van der Waals surface area contributed by atoms with Gasteiger partial charge < -0.3 is 19.7 Å². The first-order valence-corrected chi connectivity index (χ1v) is 10.4. The summed E-state index contributed by atoms with van der Waals surface area (Å²) >= 11 is 0. The van der Waals surface area contributed by atoms with E-state index in [1.54, 1.807) is 25.3 Å². The first-order valence-electron chi connectivity index (χ1n) is 9.01. The fourth-order valence-corrected chi connectivity index (χ4v) is 4.48. The van der Waals surface area contributed by atoms with Crippen LogP contribution in [-0.4, -0.2) is 55.4 Å². The third kappa shape index (κ3) is 4.54. The molecule has 0 radical (unpaired) electrons. The quantitative estimate of drug-likeness (QED) is 0.732. The Morgan fingerprint density at radius 1 is 1.10 bits per heavy atom. The van der Waals surface area contributed by atoms with Crippen molar-refractivity contribution in [1.82, 2.24) is 5.32 Å². The molecule has 1 N–H and O–H groups in total. The van der Waals surface area contributed by atoms with Crippen LogP contribution in [0.4, 0.5) is 20.2 Å². The van der Waals surface area contributed by atoms with Crippen molar-refractivity contribution in [3.05, 3.63) is 42.5 Å². The Kier molecular flexibility index (Phi) is 6.43. The predicted molar refractivity (Wildman–Crippen MR) is 107 cm³/mol. The van der Waals surface area contributed by atoms with Crippen LogP contribution in [0.15, 0.2) is 47.4 Å². The molecule has 1 aliphatic rings. The molecule has 1 heterocycles. The number of piperazine rings is 1. The molecule has 2 aromatic carbocycles. The number of hydrogen-bond acceptors (Lipinski definition) is 6. The highest BCUT2D eigenvalue weighted by Gasteiger charge is 2.27. The van der Waals surface area contributed by atoms with Gasteiger partial charge in [-0.15, -0.1) is 0 Å². The van der Waals surface area contributed by atoms with E-state index < -0.39 is 22.4 Å². The zero-order valence-corrected chi connectivity index (χ0v) is 17.0. The van der Waals surface area contributed by atoms with Crippen molar-refractivity contribution in [2.45, 2.75) is 11.5 Å². The van der Waals surface area contributed by atoms with Crippen LogP contribution in [0.5, 0.6) is 11.5 Å². The standard InChI is InChI=1S/C19H23F2N3O4S/c1-23(29(25,26)18-6-4-3-5-17(18)28-19(20)21)14-7-8-16(27-2)15(13-14)24-11-9-22-10-12-24/h3-8,13,19,22H,9-12H2,1-2H3. The molecular weight excluding hydrogens is 404 g/mol. The van der Waals surface area contributed by atoms with Gasteiger partial charge >= 0.3 is 6.61 Å². The van der Waals surface area contributed by atoms with Gasteiger partial charge in [-0.1, -0.05) is 12.1 Å². The Hall–Kier alpha value is -2.59. The SMILES string of the molecule is COc1ccc(N(C)S(=O)(=O)c2ccccc2OC(F)F)cc1N1CCNCC1. The van der Waals surface area contributed by atoms with Crippen molar-refractivity contribution < 1.29 is 26.7 Å². The van der Waals surface area contributed by atoms with Crippen molar-refractivity contribution in [3.8, 4) is 11.5 Å². The van der Waals surface area contributed by atoms with E-state index in [1.165, 1.54) is 31.3 Å². The van der Waals surface area contributed by atoms with E-state index in [0.29, 0.717) is 11.4 Å². The Morgan fingerprint density at radius 3 is 2.45 bits per heavy atom. The summed E-state index contributed by atoms with van der Waals surface area (Å²) < 4.78 is 62.5. The number of nitrogens with one attached hydrogen (secondary N) is 1. The van der Waals surface area contributed by atoms with Crippen LogP contribution in [0.2, 0.25) is 0 Å². The molecule has 0 saturated carbocycles. The Bertz CT molecular complexity index is 950. The molecule has 0 amide bonds. The van der Waals surface area contributed by atoms with E-state index in [9.17, 15) is 17.2 Å². The Labute approximate surface area is 168 Å². The number of alkyl halides is 2. The van der Waals surface area contributed by atoms with Crippen molar-refractivity contribution in [3.63, 3.8) is 0 Å². The highest BCUT2D eigenvalue weighted by molar-refractivity contribution is 7.92. The first-order chi connectivity index (χ1) is 13.8. The maximum Gasteiger partial charge on any atom is 0.387 e. The van der Waals surface area contributed by atoms with Crippen molar-refractivity contribution in [2.75, 3.05) is 49.5 Å². The summed E-state index contributed by atoms with van der Waals surface area (Å²) in [6, 6.07) is 10.4. The molecule has 10 heteroatoms. The summed E-state index contributed by atoms with van der Waals surface area (Å²) in [7, 11) is -1.20. The number of para-hydroxylation sites is 1. The van der Waals surface area contributed by atoms with E-state index in [1.807, 2.05) is 0 Å². The van der Waals surface area contributed by atoms with Gasteiger partial charge in [-0.05, 0) is 30.3 Å². The largest absolute Gasteiger partial charge is 0.495 e. The van der Waals surface area contributed by atoms with Gasteiger partial charge in [0, 0.05) is 33.2 Å². The predicted octanol–water partition coefficient (Wildman–Crippen LogP) is 2.53. The highest BCUT2D eigenvalue weighted by Crippen LogP contribution is 2.36. The minimum absolute atomic E-state index is 0.331. The lowest BCUT2D eigenvalue weighted by molar-refractivity contribution is -0.0517. The summed E-state index contributed by atoms with van der Waals surface area (Å²) in [4.78, 5) is 1.77. The van der Waals surface area contributed by atoms with Crippen LogP contribution < -0.4 is 24.0 Å². The van der Waals surface area contributed by atoms with Crippen molar-refractivity contribution in [2.24, 2.45) is 0 Å². The van der Waals surface area contributed by atoms with Crippen LogP contribution in [-0.2, 0) is 10.0 Å². The van der Waals surface area contributed by atoms with Crippen molar-refractivity contribution >= 4 is 21.4 Å². The molecule has 1 saturated heterocycles. The molecule has 0 aliphatic carbocycles. The lowest BCUT2D eigenvalue weighted by Crippen LogP contribution is -2.43. The molecular formula is C19H23F2N3O4S. The number of benzene rings is 2. The molecule has 0 atom stereocenters. The minimum atomic E-state index is -4.13. The number of methoxy groups -OCH3 is 1. The van der Waals surface area contributed by atoms with Gasteiger partial charge in [0.15, 0.2) is 0 Å². The fourth-order valence-electron chi connectivity index (χ4n) is 3.17. The monoisotopic (exact) mass is 427 g/mol. The van der Waals surface area contributed by atoms with Gasteiger partial charge in [0.2, 0.25) is 0 Å². The molecule has 2 aromatic rings. The first kappa shape index (κ1) is 21.1. The van der Waals surface area contributed by atoms with Gasteiger partial charge in [-0.3, -0.25) is 4.31 Å². The molecule has 0 aromatic heterocycles. The number of ether oxygens (including phenoxy) is 2. The summed E-state index contributed by atoms with van der Waals surface area (Å²) in [6.45, 7) is -0.0143. The minimum Gasteiger partial charge on any atom is -0.495 e. The van der Waals surface area contributed by atoms with Crippen LogP contribution in [0.3, 0.4) is 0 Å². The van der Waals surface area contributed by atoms with Crippen LogP contribution in [0.1, 0.15) is 0 Å². The van der Waals surface area contributed by atoms with Gasteiger partial charge in [0.05, 0.1) is 18.5 Å². The molecule has 1 aliphatic heterocycles. The molecule has 0 bridgehead atoms. The normalized spacial score (nSPS) is 14.7. The summed E-state index contributed by atoms with van der Waals surface area (Å²) in [5.74, 6) is 0.230. The number of hydrogen-bond donors (Lipinski definition) is 1. The Balaban J connectivity index is 1.98. The maximum absolute atomic E-state index is 13.1. The van der Waals surface area contributed by atoms with E-state index in [-0.39, 0.29) is 4.90 Å². The zero-order valence-electron chi connectivity index (χ0n) is 16.1. The number of anilines is 2. The molecule has 29 heavy (non-hydrogen) atoms. The van der Waals surface area contributed by atoms with Gasteiger partial charge in [-0.25, -0.2) is 8.42 Å². The Morgan fingerprint density at radius 2 is 1.79 bits per heavy atom. The highest BCUT2D eigenvalue weighted by atomic mass is 32.2. The zero-order chi connectivity index (χ0) is 21.0. The van der Waals surface area contributed by atoms with E-state index in [4.69, 9.17) is 4.74 Å². The average molecular weight is 427 g/mol.